The molecule has 1 amide bonds. The maximum Gasteiger partial charge on any atom is 0.270 e. The van der Waals surface area contributed by atoms with Gasteiger partial charge in [-0.15, -0.1) is 0 Å². The van der Waals surface area contributed by atoms with Crippen molar-refractivity contribution in [3.63, 3.8) is 0 Å². The predicted octanol–water partition coefficient (Wildman–Crippen LogP) is 2.15. The second kappa shape index (κ2) is 7.59. The number of nitro benzene ring substituents is 1. The lowest BCUT2D eigenvalue weighted by Gasteiger charge is -2.17. The van der Waals surface area contributed by atoms with E-state index in [0.29, 0.717) is 17.7 Å². The van der Waals surface area contributed by atoms with E-state index in [0.717, 1.165) is 19.3 Å². The molecule has 1 aromatic rings. The molecule has 1 rings (SSSR count). The van der Waals surface area contributed by atoms with E-state index in [1.165, 1.54) is 12.1 Å². The molecular formula is C14H21N3O3. The van der Waals surface area contributed by atoms with Gasteiger partial charge in [0, 0.05) is 30.3 Å². The Morgan fingerprint density at radius 2 is 2.20 bits per heavy atom. The molecule has 0 aliphatic rings. The van der Waals surface area contributed by atoms with Crippen molar-refractivity contribution in [2.45, 2.75) is 39.2 Å². The van der Waals surface area contributed by atoms with Gasteiger partial charge in [0.1, 0.15) is 0 Å². The Bertz CT molecular complexity index is 489. The number of nitrogens with two attached hydrogens (primary N) is 1. The van der Waals surface area contributed by atoms with E-state index >= 15 is 0 Å². The lowest BCUT2D eigenvalue weighted by molar-refractivity contribution is -0.384. The van der Waals surface area contributed by atoms with Gasteiger partial charge in [-0.3, -0.25) is 14.9 Å². The van der Waals surface area contributed by atoms with Crippen molar-refractivity contribution in [3.8, 4) is 0 Å². The number of aryl methyl sites for hydroxylation is 1. The van der Waals surface area contributed by atoms with Gasteiger partial charge in [0.15, 0.2) is 0 Å². The van der Waals surface area contributed by atoms with Crippen molar-refractivity contribution in [1.29, 1.82) is 0 Å². The van der Waals surface area contributed by atoms with E-state index in [9.17, 15) is 14.9 Å². The van der Waals surface area contributed by atoms with Crippen LogP contribution in [-0.4, -0.2) is 23.4 Å². The molecule has 0 aromatic heterocycles. The molecule has 6 heteroatoms. The number of hydrogen-bond donors (Lipinski definition) is 2. The molecule has 1 atom stereocenters. The summed E-state index contributed by atoms with van der Waals surface area (Å²) >= 11 is 0. The van der Waals surface area contributed by atoms with Crippen LogP contribution in [0.25, 0.3) is 0 Å². The summed E-state index contributed by atoms with van der Waals surface area (Å²) in [4.78, 5) is 22.4. The Labute approximate surface area is 118 Å². The molecule has 0 bridgehead atoms. The second-order valence-electron chi connectivity index (χ2n) is 4.80. The van der Waals surface area contributed by atoms with E-state index in [-0.39, 0.29) is 17.6 Å². The first-order chi connectivity index (χ1) is 9.49. The molecule has 0 fully saturated rings. The van der Waals surface area contributed by atoms with Crippen molar-refractivity contribution in [2.24, 2.45) is 5.73 Å². The summed E-state index contributed by atoms with van der Waals surface area (Å²) in [6, 6.07) is 4.18. The van der Waals surface area contributed by atoms with E-state index in [1.54, 1.807) is 13.0 Å². The van der Waals surface area contributed by atoms with Crippen LogP contribution in [0.4, 0.5) is 5.69 Å². The van der Waals surface area contributed by atoms with Gasteiger partial charge in [-0.05, 0) is 18.9 Å². The first kappa shape index (κ1) is 16.1. The van der Waals surface area contributed by atoms with Crippen molar-refractivity contribution in [1.82, 2.24) is 5.32 Å². The molecule has 20 heavy (non-hydrogen) atoms. The van der Waals surface area contributed by atoms with Crippen LogP contribution < -0.4 is 11.1 Å². The second-order valence-corrected chi connectivity index (χ2v) is 4.80. The third-order valence-electron chi connectivity index (χ3n) is 3.20. The van der Waals surface area contributed by atoms with Gasteiger partial charge in [-0.25, -0.2) is 0 Å². The summed E-state index contributed by atoms with van der Waals surface area (Å²) in [6.45, 7) is 4.18. The molecule has 0 spiro atoms. The van der Waals surface area contributed by atoms with Crippen molar-refractivity contribution >= 4 is 11.6 Å². The Balaban J connectivity index is 2.85. The van der Waals surface area contributed by atoms with Crippen LogP contribution in [0.5, 0.6) is 0 Å². The van der Waals surface area contributed by atoms with Crippen molar-refractivity contribution in [2.75, 3.05) is 6.54 Å². The van der Waals surface area contributed by atoms with Gasteiger partial charge >= 0.3 is 0 Å². The summed E-state index contributed by atoms with van der Waals surface area (Å²) in [5.41, 5.74) is 6.58. The van der Waals surface area contributed by atoms with Gasteiger partial charge in [-0.1, -0.05) is 25.8 Å². The average Bonchev–Trinajstić information content (AvgIpc) is 2.43. The normalized spacial score (nSPS) is 11.9. The minimum absolute atomic E-state index is 0.0846. The number of hydrogen-bond acceptors (Lipinski definition) is 4. The Morgan fingerprint density at radius 3 is 2.75 bits per heavy atom. The fourth-order valence-electron chi connectivity index (χ4n) is 1.93. The Morgan fingerprint density at radius 1 is 1.50 bits per heavy atom. The van der Waals surface area contributed by atoms with Crippen LogP contribution in [0.2, 0.25) is 0 Å². The molecule has 0 heterocycles. The molecule has 6 nitrogen and oxygen atoms in total. The van der Waals surface area contributed by atoms with Crippen LogP contribution in [0, 0.1) is 17.0 Å². The SMILES string of the molecule is CCCCC(CN)NC(=O)c1cc([N+](=O)[O-])ccc1C. The zero-order chi connectivity index (χ0) is 15.1. The molecule has 0 saturated heterocycles. The largest absolute Gasteiger partial charge is 0.348 e. The molecule has 0 aliphatic heterocycles. The maximum atomic E-state index is 12.2. The zero-order valence-corrected chi connectivity index (χ0v) is 11.9. The van der Waals surface area contributed by atoms with Crippen LogP contribution in [-0.2, 0) is 0 Å². The van der Waals surface area contributed by atoms with Gasteiger partial charge in [0.2, 0.25) is 0 Å². The smallest absolute Gasteiger partial charge is 0.270 e. The predicted molar refractivity (Wildman–Crippen MR) is 77.7 cm³/mol. The minimum atomic E-state index is -0.506. The number of carbonyl (C=O) groups excluding carboxylic acids is 1. The molecule has 0 saturated carbocycles. The Kier molecular flexibility index (Phi) is 6.11. The third-order valence-corrected chi connectivity index (χ3v) is 3.20. The van der Waals surface area contributed by atoms with E-state index < -0.39 is 4.92 Å². The maximum absolute atomic E-state index is 12.2. The number of nitro groups is 1. The number of unbranched alkanes of at least 4 members (excludes halogenated alkanes) is 1. The molecule has 3 N–H and O–H groups in total. The molecule has 1 unspecified atom stereocenters. The molecule has 0 radical (unpaired) electrons. The highest BCUT2D eigenvalue weighted by molar-refractivity contribution is 5.96. The standard InChI is InChI=1S/C14H21N3O3/c1-3-4-5-11(9-15)16-14(18)13-8-12(17(19)20)7-6-10(13)2/h6-8,11H,3-5,9,15H2,1-2H3,(H,16,18). The summed E-state index contributed by atoms with van der Waals surface area (Å²) in [6.07, 6.45) is 2.82. The number of benzene rings is 1. The van der Waals surface area contributed by atoms with Gasteiger partial charge in [0.05, 0.1) is 4.92 Å². The van der Waals surface area contributed by atoms with E-state index in [2.05, 4.69) is 12.2 Å². The summed E-state index contributed by atoms with van der Waals surface area (Å²) in [5, 5.41) is 13.6. The highest BCUT2D eigenvalue weighted by Crippen LogP contribution is 2.17. The average molecular weight is 279 g/mol. The fourth-order valence-corrected chi connectivity index (χ4v) is 1.93. The minimum Gasteiger partial charge on any atom is -0.348 e. The zero-order valence-electron chi connectivity index (χ0n) is 11.9. The number of non-ortho nitro benzene ring substituents is 1. The lowest BCUT2D eigenvalue weighted by atomic mass is 10.1. The van der Waals surface area contributed by atoms with Crippen LogP contribution in [0.3, 0.4) is 0 Å². The van der Waals surface area contributed by atoms with E-state index in [4.69, 9.17) is 5.73 Å². The summed E-state index contributed by atoms with van der Waals surface area (Å²) < 4.78 is 0. The first-order valence-corrected chi connectivity index (χ1v) is 6.75. The molecule has 110 valence electrons. The monoisotopic (exact) mass is 279 g/mol. The third kappa shape index (κ3) is 4.31. The van der Waals surface area contributed by atoms with Gasteiger partial charge < -0.3 is 11.1 Å². The van der Waals surface area contributed by atoms with Crippen molar-refractivity contribution in [3.05, 3.63) is 39.4 Å². The number of carbonyl (C=O) groups is 1. The van der Waals surface area contributed by atoms with E-state index in [1.807, 2.05) is 0 Å². The quantitative estimate of drug-likeness (QED) is 0.590. The van der Waals surface area contributed by atoms with Crippen LogP contribution in [0.1, 0.15) is 42.1 Å². The number of nitrogens with zero attached hydrogens (tertiary/aromatic N) is 1. The number of nitrogens with one attached hydrogen (secondary N) is 1. The summed E-state index contributed by atoms with van der Waals surface area (Å²) in [5.74, 6) is -0.308. The molecule has 0 aliphatic carbocycles. The lowest BCUT2D eigenvalue weighted by Crippen LogP contribution is -2.40. The fraction of sp³-hybridized carbons (Fsp3) is 0.500. The topological polar surface area (TPSA) is 98.3 Å². The molecular weight excluding hydrogens is 258 g/mol. The summed E-state index contributed by atoms with van der Waals surface area (Å²) in [7, 11) is 0. The number of amides is 1. The first-order valence-electron chi connectivity index (χ1n) is 6.75. The van der Waals surface area contributed by atoms with Gasteiger partial charge in [-0.2, -0.15) is 0 Å². The van der Waals surface area contributed by atoms with Gasteiger partial charge in [0.25, 0.3) is 11.6 Å². The van der Waals surface area contributed by atoms with Crippen molar-refractivity contribution < 1.29 is 9.72 Å². The van der Waals surface area contributed by atoms with Crippen LogP contribution in [0.15, 0.2) is 18.2 Å². The highest BCUT2D eigenvalue weighted by Gasteiger charge is 2.17. The number of rotatable bonds is 7. The van der Waals surface area contributed by atoms with Crippen LogP contribution >= 0.6 is 0 Å². The highest BCUT2D eigenvalue weighted by atomic mass is 16.6. The molecule has 1 aromatic carbocycles. The Hall–Kier alpha value is -1.95.